The minimum atomic E-state index is -0.434. The van der Waals surface area contributed by atoms with Gasteiger partial charge in [0.25, 0.3) is 11.9 Å². The molecule has 24 heavy (non-hydrogen) atoms. The molecule has 0 aliphatic carbocycles. The summed E-state index contributed by atoms with van der Waals surface area (Å²) in [7, 11) is 4.53. The van der Waals surface area contributed by atoms with Crippen molar-refractivity contribution in [3.63, 3.8) is 0 Å². The van der Waals surface area contributed by atoms with Crippen LogP contribution in [0.25, 0.3) is 0 Å². The van der Waals surface area contributed by atoms with Gasteiger partial charge in [-0.1, -0.05) is 5.10 Å². The van der Waals surface area contributed by atoms with Crippen molar-refractivity contribution < 1.29 is 19.0 Å². The summed E-state index contributed by atoms with van der Waals surface area (Å²) in [6.45, 7) is -0.156. The average Bonchev–Trinajstić information content (AvgIpc) is 2.98. The molecule has 11 heteroatoms. The fraction of sp³-hybridized carbons (Fsp3) is 0.308. The number of anilines is 1. The zero-order chi connectivity index (χ0) is 17.5. The van der Waals surface area contributed by atoms with Crippen LogP contribution in [0, 0.1) is 0 Å². The summed E-state index contributed by atoms with van der Waals surface area (Å²) in [5.41, 5.74) is 8.29. The van der Waals surface area contributed by atoms with Crippen molar-refractivity contribution >= 4 is 18.1 Å². The minimum Gasteiger partial charge on any atom is -0.493 e. The van der Waals surface area contributed by atoms with E-state index in [2.05, 4.69) is 25.9 Å². The standard InChI is InChI=1S/C13H17N7O4/c1-22-9-4-8(5-10(23-2)12(9)24-3)6-15-16-11(21)7-20-18-13(14)17-19-20/h4-6H,7H2,1-3H3,(H2,14,18)(H,16,21). The van der Waals surface area contributed by atoms with E-state index in [-0.39, 0.29) is 12.5 Å². The molecule has 0 atom stereocenters. The van der Waals surface area contributed by atoms with Gasteiger partial charge < -0.3 is 19.9 Å². The van der Waals surface area contributed by atoms with E-state index >= 15 is 0 Å². The average molecular weight is 335 g/mol. The van der Waals surface area contributed by atoms with Crippen LogP contribution in [0.2, 0.25) is 0 Å². The molecule has 0 radical (unpaired) electrons. The Morgan fingerprint density at radius 1 is 1.29 bits per heavy atom. The van der Waals surface area contributed by atoms with Gasteiger partial charge in [0.05, 0.1) is 27.5 Å². The molecule has 0 saturated carbocycles. The summed E-state index contributed by atoms with van der Waals surface area (Å²) in [4.78, 5) is 12.8. The van der Waals surface area contributed by atoms with Crippen LogP contribution in [0.5, 0.6) is 17.2 Å². The topological polar surface area (TPSA) is 139 Å². The number of benzene rings is 1. The summed E-state index contributed by atoms with van der Waals surface area (Å²) in [5, 5.41) is 14.6. The molecular weight excluding hydrogens is 318 g/mol. The van der Waals surface area contributed by atoms with E-state index in [1.165, 1.54) is 27.5 Å². The lowest BCUT2D eigenvalue weighted by atomic mass is 10.2. The summed E-state index contributed by atoms with van der Waals surface area (Å²) in [5.74, 6) is 0.981. The number of methoxy groups -OCH3 is 3. The van der Waals surface area contributed by atoms with Crippen molar-refractivity contribution in [3.8, 4) is 17.2 Å². The first-order valence-electron chi connectivity index (χ1n) is 6.72. The van der Waals surface area contributed by atoms with Crippen LogP contribution in [0.4, 0.5) is 5.95 Å². The van der Waals surface area contributed by atoms with Gasteiger partial charge in [0, 0.05) is 5.56 Å². The fourth-order valence-electron chi connectivity index (χ4n) is 1.84. The SMILES string of the molecule is COc1cc(C=NNC(=O)Cn2nnc(N)n2)cc(OC)c1OC. The van der Waals surface area contributed by atoms with Gasteiger partial charge in [-0.05, 0) is 17.3 Å². The molecule has 1 heterocycles. The lowest BCUT2D eigenvalue weighted by Gasteiger charge is -2.12. The van der Waals surface area contributed by atoms with Crippen LogP contribution in [-0.2, 0) is 11.3 Å². The second-order valence-corrected chi connectivity index (χ2v) is 4.43. The monoisotopic (exact) mass is 335 g/mol. The first-order chi connectivity index (χ1) is 11.6. The number of aromatic nitrogens is 4. The molecule has 1 aromatic heterocycles. The highest BCUT2D eigenvalue weighted by Gasteiger charge is 2.12. The number of nitrogens with zero attached hydrogens (tertiary/aromatic N) is 5. The highest BCUT2D eigenvalue weighted by Crippen LogP contribution is 2.37. The van der Waals surface area contributed by atoms with Crippen molar-refractivity contribution in [3.05, 3.63) is 17.7 Å². The summed E-state index contributed by atoms with van der Waals surface area (Å²) in [6, 6.07) is 3.38. The Kier molecular flexibility index (Phi) is 5.49. The first-order valence-corrected chi connectivity index (χ1v) is 6.72. The van der Waals surface area contributed by atoms with E-state index in [0.29, 0.717) is 22.8 Å². The maximum atomic E-state index is 11.7. The van der Waals surface area contributed by atoms with Crippen molar-refractivity contribution in [1.82, 2.24) is 25.6 Å². The predicted molar refractivity (Wildman–Crippen MR) is 84.1 cm³/mol. The Labute approximate surface area is 137 Å². The third-order valence-electron chi connectivity index (χ3n) is 2.84. The molecule has 0 fully saturated rings. The van der Waals surface area contributed by atoms with E-state index in [1.807, 2.05) is 0 Å². The number of carbonyl (C=O) groups is 1. The Hall–Kier alpha value is -3.37. The Morgan fingerprint density at radius 2 is 1.96 bits per heavy atom. The zero-order valence-electron chi connectivity index (χ0n) is 13.4. The molecule has 0 spiro atoms. The molecular formula is C13H17N7O4. The maximum Gasteiger partial charge on any atom is 0.263 e. The van der Waals surface area contributed by atoms with Gasteiger partial charge in [-0.25, -0.2) is 5.43 Å². The van der Waals surface area contributed by atoms with Crippen LogP contribution >= 0.6 is 0 Å². The number of ether oxygens (including phenoxy) is 3. The van der Waals surface area contributed by atoms with Gasteiger partial charge in [0.2, 0.25) is 5.75 Å². The highest BCUT2D eigenvalue weighted by atomic mass is 16.5. The fourth-order valence-corrected chi connectivity index (χ4v) is 1.84. The molecule has 2 rings (SSSR count). The number of hydrogen-bond acceptors (Lipinski definition) is 9. The summed E-state index contributed by atoms with van der Waals surface area (Å²) in [6.07, 6.45) is 1.44. The van der Waals surface area contributed by atoms with Gasteiger partial charge in [-0.3, -0.25) is 4.79 Å². The van der Waals surface area contributed by atoms with Gasteiger partial charge in [-0.2, -0.15) is 9.90 Å². The number of hydrazone groups is 1. The van der Waals surface area contributed by atoms with E-state index in [1.54, 1.807) is 12.1 Å². The van der Waals surface area contributed by atoms with E-state index in [9.17, 15) is 4.79 Å². The van der Waals surface area contributed by atoms with Crippen molar-refractivity contribution in [2.75, 3.05) is 27.1 Å². The Morgan fingerprint density at radius 3 is 2.46 bits per heavy atom. The quantitative estimate of drug-likeness (QED) is 0.506. The van der Waals surface area contributed by atoms with Crippen molar-refractivity contribution in [2.24, 2.45) is 5.10 Å². The van der Waals surface area contributed by atoms with Crippen molar-refractivity contribution in [2.45, 2.75) is 6.54 Å². The minimum absolute atomic E-state index is 0.0104. The number of amides is 1. The predicted octanol–water partition coefficient (Wildman–Crippen LogP) is -0.569. The zero-order valence-corrected chi connectivity index (χ0v) is 13.4. The Balaban J connectivity index is 2.04. The molecule has 3 N–H and O–H groups in total. The van der Waals surface area contributed by atoms with Gasteiger partial charge in [0.15, 0.2) is 11.5 Å². The number of nitrogen functional groups attached to an aromatic ring is 1. The molecule has 0 bridgehead atoms. The number of carbonyl (C=O) groups excluding carboxylic acids is 1. The third kappa shape index (κ3) is 4.09. The lowest BCUT2D eigenvalue weighted by Crippen LogP contribution is -2.24. The number of nitrogens with two attached hydrogens (primary N) is 1. The summed E-state index contributed by atoms with van der Waals surface area (Å²) >= 11 is 0. The van der Waals surface area contributed by atoms with E-state index in [0.717, 1.165) is 4.80 Å². The molecule has 11 nitrogen and oxygen atoms in total. The largest absolute Gasteiger partial charge is 0.493 e. The van der Waals surface area contributed by atoms with Gasteiger partial charge >= 0.3 is 0 Å². The molecule has 1 aromatic carbocycles. The third-order valence-corrected chi connectivity index (χ3v) is 2.84. The number of hydrogen-bond donors (Lipinski definition) is 2. The first kappa shape index (κ1) is 17.0. The second-order valence-electron chi connectivity index (χ2n) is 4.43. The summed E-state index contributed by atoms with van der Waals surface area (Å²) < 4.78 is 15.7. The maximum absolute atomic E-state index is 11.7. The lowest BCUT2D eigenvalue weighted by molar-refractivity contribution is -0.122. The van der Waals surface area contributed by atoms with Crippen LogP contribution < -0.4 is 25.4 Å². The van der Waals surface area contributed by atoms with Crippen LogP contribution in [0.1, 0.15) is 5.56 Å². The second kappa shape index (κ2) is 7.76. The molecule has 0 aliphatic rings. The molecule has 0 aliphatic heterocycles. The molecule has 1 amide bonds. The van der Waals surface area contributed by atoms with Gasteiger partial charge in [0.1, 0.15) is 6.54 Å². The highest BCUT2D eigenvalue weighted by molar-refractivity contribution is 5.84. The smallest absolute Gasteiger partial charge is 0.263 e. The van der Waals surface area contributed by atoms with E-state index in [4.69, 9.17) is 19.9 Å². The number of nitrogens with one attached hydrogen (secondary N) is 1. The molecule has 2 aromatic rings. The van der Waals surface area contributed by atoms with Gasteiger partial charge in [-0.15, -0.1) is 5.10 Å². The molecule has 128 valence electrons. The molecule has 0 unspecified atom stereocenters. The van der Waals surface area contributed by atoms with Crippen LogP contribution in [0.3, 0.4) is 0 Å². The number of rotatable bonds is 7. The normalized spacial score (nSPS) is 10.6. The Bertz CT molecular complexity index is 719. The molecule has 0 saturated heterocycles. The van der Waals surface area contributed by atoms with E-state index < -0.39 is 5.91 Å². The van der Waals surface area contributed by atoms with Crippen LogP contribution in [-0.4, -0.2) is 53.7 Å². The van der Waals surface area contributed by atoms with Crippen LogP contribution in [0.15, 0.2) is 17.2 Å². The van der Waals surface area contributed by atoms with Crippen molar-refractivity contribution in [1.29, 1.82) is 0 Å². The number of tetrazole rings is 1.